The minimum Gasteiger partial charge on any atom is -0.481 e. The molecule has 2 amide bonds. The minimum atomic E-state index is -0.795. The fraction of sp³-hybridized carbons (Fsp3) is 0.348. The van der Waals surface area contributed by atoms with E-state index in [2.05, 4.69) is 5.32 Å². The number of ether oxygens (including phenoxy) is 1. The van der Waals surface area contributed by atoms with Crippen molar-refractivity contribution in [3.05, 3.63) is 53.8 Å². The van der Waals surface area contributed by atoms with Crippen LogP contribution in [0.1, 0.15) is 38.7 Å². The first-order valence-electron chi connectivity index (χ1n) is 9.99. The number of halogens is 1. The first-order valence-corrected chi connectivity index (χ1v) is 9.99. The van der Waals surface area contributed by atoms with Gasteiger partial charge in [0.25, 0.3) is 5.91 Å². The van der Waals surface area contributed by atoms with Crippen molar-refractivity contribution >= 4 is 29.0 Å². The zero-order valence-electron chi connectivity index (χ0n) is 17.1. The molecule has 0 spiro atoms. The number of nitrogens with one attached hydrogen (secondary N) is 1. The van der Waals surface area contributed by atoms with Gasteiger partial charge in [0.15, 0.2) is 6.10 Å². The van der Waals surface area contributed by atoms with E-state index in [9.17, 15) is 18.8 Å². The molecule has 1 heterocycles. The molecule has 1 aliphatic heterocycles. The summed E-state index contributed by atoms with van der Waals surface area (Å²) in [5, 5.41) is 2.63. The lowest BCUT2D eigenvalue weighted by molar-refractivity contribution is -0.122. The number of rotatable bonds is 8. The highest BCUT2D eigenvalue weighted by Gasteiger charge is 2.24. The van der Waals surface area contributed by atoms with Crippen molar-refractivity contribution in [2.75, 3.05) is 16.8 Å². The Morgan fingerprint density at radius 1 is 1.20 bits per heavy atom. The van der Waals surface area contributed by atoms with Crippen LogP contribution in [0.15, 0.2) is 42.5 Å². The number of Topliss-reactive ketones (excluding diaryl/α,β-unsaturated/α-hetero) is 1. The van der Waals surface area contributed by atoms with Crippen LogP contribution >= 0.6 is 0 Å². The van der Waals surface area contributed by atoms with Gasteiger partial charge in [-0.25, -0.2) is 4.39 Å². The number of carbonyl (C=O) groups is 3. The first-order chi connectivity index (χ1) is 14.3. The smallest absolute Gasteiger partial charge is 0.265 e. The third-order valence-electron chi connectivity index (χ3n) is 4.95. The largest absolute Gasteiger partial charge is 0.481 e. The summed E-state index contributed by atoms with van der Waals surface area (Å²) in [6.45, 7) is 3.66. The zero-order chi connectivity index (χ0) is 21.7. The van der Waals surface area contributed by atoms with E-state index in [1.165, 1.54) is 17.0 Å². The molecule has 6 nitrogen and oxygen atoms in total. The van der Waals surface area contributed by atoms with Gasteiger partial charge in [0.05, 0.1) is 5.69 Å². The molecule has 1 unspecified atom stereocenters. The second kappa shape index (κ2) is 9.52. The SMILES string of the molecule is CC(=O)CCc1ccc(OC(C)C(=O)Nc2ccc(N3CCCC3=O)c(F)c2)cc1. The summed E-state index contributed by atoms with van der Waals surface area (Å²) in [6.07, 6.45) is 1.49. The average molecular weight is 412 g/mol. The van der Waals surface area contributed by atoms with Crippen molar-refractivity contribution in [3.8, 4) is 5.75 Å². The lowest BCUT2D eigenvalue weighted by atomic mass is 10.1. The molecule has 3 rings (SSSR count). The Kier molecular flexibility index (Phi) is 6.82. The number of hydrogen-bond donors (Lipinski definition) is 1. The van der Waals surface area contributed by atoms with E-state index in [0.717, 1.165) is 5.56 Å². The molecule has 0 aliphatic carbocycles. The number of aryl methyl sites for hydroxylation is 1. The van der Waals surface area contributed by atoms with Crippen LogP contribution in [0.3, 0.4) is 0 Å². The highest BCUT2D eigenvalue weighted by molar-refractivity contribution is 5.97. The van der Waals surface area contributed by atoms with E-state index < -0.39 is 17.8 Å². The standard InChI is InChI=1S/C23H25FN2O4/c1-15(27)5-6-17-7-10-19(11-8-17)30-16(2)23(29)25-18-9-12-21(20(24)14-18)26-13-3-4-22(26)28/h7-12,14,16H,3-6,13H2,1-2H3,(H,25,29). The van der Waals surface area contributed by atoms with Crippen LogP contribution < -0.4 is 15.0 Å². The molecule has 1 fully saturated rings. The number of hydrogen-bond acceptors (Lipinski definition) is 4. The molecule has 0 radical (unpaired) electrons. The molecule has 2 aromatic rings. The summed E-state index contributed by atoms with van der Waals surface area (Å²) < 4.78 is 20.1. The van der Waals surface area contributed by atoms with Gasteiger partial charge >= 0.3 is 0 Å². The molecular weight excluding hydrogens is 387 g/mol. The Morgan fingerprint density at radius 2 is 1.93 bits per heavy atom. The summed E-state index contributed by atoms with van der Waals surface area (Å²) >= 11 is 0. The molecule has 1 aliphatic rings. The van der Waals surface area contributed by atoms with Gasteiger partial charge in [0.2, 0.25) is 5.91 Å². The van der Waals surface area contributed by atoms with E-state index in [-0.39, 0.29) is 17.4 Å². The van der Waals surface area contributed by atoms with Crippen molar-refractivity contribution in [2.24, 2.45) is 0 Å². The number of amides is 2. The fourth-order valence-electron chi connectivity index (χ4n) is 3.26. The summed E-state index contributed by atoms with van der Waals surface area (Å²) in [6, 6.07) is 11.5. The van der Waals surface area contributed by atoms with Gasteiger partial charge in [-0.3, -0.25) is 9.59 Å². The van der Waals surface area contributed by atoms with Crippen molar-refractivity contribution in [1.82, 2.24) is 0 Å². The Labute approximate surface area is 175 Å². The molecule has 0 saturated carbocycles. The maximum Gasteiger partial charge on any atom is 0.265 e. The molecule has 1 N–H and O–H groups in total. The molecule has 30 heavy (non-hydrogen) atoms. The Morgan fingerprint density at radius 3 is 2.53 bits per heavy atom. The summed E-state index contributed by atoms with van der Waals surface area (Å²) in [4.78, 5) is 36.7. The highest BCUT2D eigenvalue weighted by Crippen LogP contribution is 2.27. The maximum absolute atomic E-state index is 14.4. The Bertz CT molecular complexity index is 943. The van der Waals surface area contributed by atoms with Crippen LogP contribution in [0.2, 0.25) is 0 Å². The molecule has 7 heteroatoms. The molecule has 1 saturated heterocycles. The second-order valence-corrected chi connectivity index (χ2v) is 7.41. The lowest BCUT2D eigenvalue weighted by Crippen LogP contribution is -2.30. The van der Waals surface area contributed by atoms with Crippen LogP contribution in [0.25, 0.3) is 0 Å². The van der Waals surface area contributed by atoms with Crippen LogP contribution in [0.5, 0.6) is 5.75 Å². The van der Waals surface area contributed by atoms with Crippen LogP contribution in [0, 0.1) is 5.82 Å². The van der Waals surface area contributed by atoms with E-state index >= 15 is 0 Å². The van der Waals surface area contributed by atoms with Gasteiger partial charge in [0, 0.05) is 25.1 Å². The summed E-state index contributed by atoms with van der Waals surface area (Å²) in [5.74, 6) is -0.409. The zero-order valence-corrected chi connectivity index (χ0v) is 17.1. The molecule has 0 bridgehead atoms. The average Bonchev–Trinajstić information content (AvgIpc) is 3.13. The number of benzene rings is 2. The van der Waals surface area contributed by atoms with Crippen LogP contribution in [-0.2, 0) is 20.8 Å². The lowest BCUT2D eigenvalue weighted by Gasteiger charge is -2.18. The minimum absolute atomic E-state index is 0.0972. The molecular formula is C23H25FN2O4. The Hall–Kier alpha value is -3.22. The first kappa shape index (κ1) is 21.5. The number of ketones is 1. The van der Waals surface area contributed by atoms with E-state index in [0.29, 0.717) is 43.7 Å². The monoisotopic (exact) mass is 412 g/mol. The molecule has 0 aromatic heterocycles. The third-order valence-corrected chi connectivity index (χ3v) is 4.95. The predicted molar refractivity (Wildman–Crippen MR) is 112 cm³/mol. The number of carbonyl (C=O) groups excluding carboxylic acids is 3. The van der Waals surface area contributed by atoms with Gasteiger partial charge in [0.1, 0.15) is 17.3 Å². The molecule has 158 valence electrons. The number of nitrogens with zero attached hydrogens (tertiary/aromatic N) is 1. The van der Waals surface area contributed by atoms with Gasteiger partial charge in [-0.2, -0.15) is 0 Å². The highest BCUT2D eigenvalue weighted by atomic mass is 19.1. The molecule has 1 atom stereocenters. The molecule has 2 aromatic carbocycles. The van der Waals surface area contributed by atoms with Gasteiger partial charge in [-0.05, 0) is 62.6 Å². The van der Waals surface area contributed by atoms with Crippen molar-refractivity contribution in [1.29, 1.82) is 0 Å². The summed E-state index contributed by atoms with van der Waals surface area (Å²) in [5.41, 5.74) is 1.54. The third kappa shape index (κ3) is 5.43. The van der Waals surface area contributed by atoms with E-state index in [1.54, 1.807) is 32.0 Å². The quantitative estimate of drug-likeness (QED) is 0.714. The summed E-state index contributed by atoms with van der Waals surface area (Å²) in [7, 11) is 0. The van der Waals surface area contributed by atoms with Gasteiger partial charge in [-0.15, -0.1) is 0 Å². The van der Waals surface area contributed by atoms with Crippen molar-refractivity contribution in [3.63, 3.8) is 0 Å². The van der Waals surface area contributed by atoms with Gasteiger partial charge < -0.3 is 19.7 Å². The Balaban J connectivity index is 1.57. The van der Waals surface area contributed by atoms with Gasteiger partial charge in [-0.1, -0.05) is 12.1 Å². The maximum atomic E-state index is 14.4. The van der Waals surface area contributed by atoms with E-state index in [4.69, 9.17) is 4.74 Å². The van der Waals surface area contributed by atoms with Crippen molar-refractivity contribution < 1.29 is 23.5 Å². The van der Waals surface area contributed by atoms with Crippen molar-refractivity contribution in [2.45, 2.75) is 45.6 Å². The normalized spacial score (nSPS) is 14.5. The second-order valence-electron chi connectivity index (χ2n) is 7.41. The fourth-order valence-corrected chi connectivity index (χ4v) is 3.26. The predicted octanol–water partition coefficient (Wildman–Crippen LogP) is 3.88. The number of anilines is 2. The van der Waals surface area contributed by atoms with Crippen LogP contribution in [-0.4, -0.2) is 30.2 Å². The van der Waals surface area contributed by atoms with E-state index in [1.807, 2.05) is 12.1 Å². The topological polar surface area (TPSA) is 75.7 Å². The van der Waals surface area contributed by atoms with Crippen LogP contribution in [0.4, 0.5) is 15.8 Å².